The van der Waals surface area contributed by atoms with Crippen LogP contribution in [0.3, 0.4) is 0 Å². The molecule has 0 spiro atoms. The van der Waals surface area contributed by atoms with Crippen LogP contribution in [0.1, 0.15) is 213 Å². The van der Waals surface area contributed by atoms with Crippen molar-refractivity contribution in [2.45, 2.75) is 219 Å². The van der Waals surface area contributed by atoms with Gasteiger partial charge in [-0.3, -0.25) is 14.4 Å². The Balaban J connectivity index is 4.19. The molecule has 0 unspecified atom stereocenters. The highest BCUT2D eigenvalue weighted by molar-refractivity contribution is 5.71. The molecule has 0 aromatic carbocycles. The molecule has 0 aromatic rings. The predicted octanol–water partition coefficient (Wildman–Crippen LogP) is 12.8. The molecule has 53 heavy (non-hydrogen) atoms. The van der Waals surface area contributed by atoms with Crippen LogP contribution in [0, 0.1) is 0 Å². The van der Waals surface area contributed by atoms with Gasteiger partial charge in [0.2, 0.25) is 0 Å². The van der Waals surface area contributed by atoms with E-state index in [0.29, 0.717) is 19.3 Å². The highest BCUT2D eigenvalue weighted by Crippen LogP contribution is 2.13. The Kier molecular flexibility index (Phi) is 39.4. The van der Waals surface area contributed by atoms with Gasteiger partial charge in [0.1, 0.15) is 13.2 Å². The molecular formula is C46H85NO6. The number of carbonyl (C=O) groups excluding carboxylic acids is 3. The van der Waals surface area contributed by atoms with E-state index < -0.39 is 6.10 Å². The van der Waals surface area contributed by atoms with Crippen LogP contribution in [-0.4, -0.2) is 62.8 Å². The van der Waals surface area contributed by atoms with E-state index in [0.717, 1.165) is 64.3 Å². The van der Waals surface area contributed by atoms with Gasteiger partial charge >= 0.3 is 17.9 Å². The van der Waals surface area contributed by atoms with Gasteiger partial charge in [0.05, 0.1) is 0 Å². The zero-order chi connectivity index (χ0) is 38.9. The highest BCUT2D eigenvalue weighted by Gasteiger charge is 2.19. The smallest absolute Gasteiger partial charge is 0.306 e. The highest BCUT2D eigenvalue weighted by atomic mass is 16.6. The number of allylic oxidation sites excluding steroid dienone is 4. The summed E-state index contributed by atoms with van der Waals surface area (Å²) in [5, 5.41) is 0. The van der Waals surface area contributed by atoms with Crippen molar-refractivity contribution in [2.24, 2.45) is 0 Å². The molecule has 310 valence electrons. The normalized spacial score (nSPS) is 11.7. The van der Waals surface area contributed by atoms with Gasteiger partial charge in [-0.2, -0.15) is 0 Å². The fourth-order valence-corrected chi connectivity index (χ4v) is 6.25. The van der Waals surface area contributed by atoms with Gasteiger partial charge in [-0.1, -0.05) is 141 Å². The van der Waals surface area contributed by atoms with Crippen molar-refractivity contribution in [1.29, 1.82) is 0 Å². The van der Waals surface area contributed by atoms with Crippen molar-refractivity contribution < 1.29 is 28.6 Å². The Morgan fingerprint density at radius 3 is 1.13 bits per heavy atom. The van der Waals surface area contributed by atoms with Crippen LogP contribution in [0.15, 0.2) is 24.3 Å². The lowest BCUT2D eigenvalue weighted by Crippen LogP contribution is -2.31. The summed E-state index contributed by atoms with van der Waals surface area (Å²) in [4.78, 5) is 39.5. The second kappa shape index (κ2) is 41.0. The molecule has 0 aliphatic rings. The topological polar surface area (TPSA) is 82.1 Å². The molecule has 0 radical (unpaired) electrons. The molecule has 0 fully saturated rings. The fourth-order valence-electron chi connectivity index (χ4n) is 6.25. The molecule has 7 nitrogen and oxygen atoms in total. The summed E-state index contributed by atoms with van der Waals surface area (Å²) < 4.78 is 16.6. The average Bonchev–Trinajstić information content (AvgIpc) is 3.14. The first-order valence-corrected chi connectivity index (χ1v) is 22.3. The molecule has 0 rings (SSSR count). The minimum atomic E-state index is -0.785. The molecule has 0 aliphatic heterocycles. The summed E-state index contributed by atoms with van der Waals surface area (Å²) >= 11 is 0. The molecule has 0 N–H and O–H groups in total. The lowest BCUT2D eigenvalue weighted by Gasteiger charge is -2.18. The fraction of sp³-hybridized carbons (Fsp3) is 0.848. The van der Waals surface area contributed by atoms with Crippen molar-refractivity contribution in [1.82, 2.24) is 4.90 Å². The Bertz CT molecular complexity index is 829. The van der Waals surface area contributed by atoms with Gasteiger partial charge < -0.3 is 19.1 Å². The summed E-state index contributed by atoms with van der Waals surface area (Å²) in [5.74, 6) is -0.945. The Morgan fingerprint density at radius 2 is 0.755 bits per heavy atom. The second-order valence-electron chi connectivity index (χ2n) is 15.4. The zero-order valence-corrected chi connectivity index (χ0v) is 35.3. The summed E-state index contributed by atoms with van der Waals surface area (Å²) in [7, 11) is 4.01. The molecular weight excluding hydrogens is 663 g/mol. The van der Waals surface area contributed by atoms with Crippen molar-refractivity contribution in [3.05, 3.63) is 24.3 Å². The zero-order valence-electron chi connectivity index (χ0n) is 35.3. The van der Waals surface area contributed by atoms with Crippen molar-refractivity contribution in [3.8, 4) is 0 Å². The van der Waals surface area contributed by atoms with Crippen LogP contribution in [0.5, 0.6) is 0 Å². The number of esters is 3. The first-order valence-electron chi connectivity index (χ1n) is 22.3. The monoisotopic (exact) mass is 748 g/mol. The predicted molar refractivity (Wildman–Crippen MR) is 223 cm³/mol. The van der Waals surface area contributed by atoms with Crippen LogP contribution in [0.4, 0.5) is 0 Å². The standard InChI is InChI=1S/C46H85NO6/c1-5-7-9-11-13-15-17-19-21-23-25-27-29-31-33-37-44(48)51-41-43(53-46(50)39-35-36-40-47(3)4)42-52-45(49)38-34-32-30-28-26-24-22-20-18-16-14-12-10-8-6-2/h19-22,43H,5-18,23-42H2,1-4H3/b21-19-,22-20-. The summed E-state index contributed by atoms with van der Waals surface area (Å²) in [5.41, 5.74) is 0. The number of hydrogen-bond acceptors (Lipinski definition) is 7. The quantitative estimate of drug-likeness (QED) is 0.0267. The molecule has 0 saturated carbocycles. The number of rotatable bonds is 40. The van der Waals surface area contributed by atoms with Crippen molar-refractivity contribution >= 4 is 17.9 Å². The average molecular weight is 748 g/mol. The molecule has 0 saturated heterocycles. The lowest BCUT2D eigenvalue weighted by molar-refractivity contribution is -0.167. The number of ether oxygens (including phenoxy) is 3. The summed E-state index contributed by atoms with van der Waals surface area (Å²) in [6.45, 7) is 5.24. The maximum absolute atomic E-state index is 12.5. The first-order chi connectivity index (χ1) is 25.9. The number of carbonyl (C=O) groups is 3. The van der Waals surface area contributed by atoms with Crippen LogP contribution >= 0.6 is 0 Å². The van der Waals surface area contributed by atoms with Crippen molar-refractivity contribution in [2.75, 3.05) is 33.9 Å². The van der Waals surface area contributed by atoms with E-state index in [2.05, 4.69) is 43.1 Å². The molecule has 0 bridgehead atoms. The molecule has 0 amide bonds. The largest absolute Gasteiger partial charge is 0.462 e. The number of hydrogen-bond donors (Lipinski definition) is 0. The van der Waals surface area contributed by atoms with Crippen molar-refractivity contribution in [3.63, 3.8) is 0 Å². The van der Waals surface area contributed by atoms with E-state index in [-0.39, 0.29) is 37.5 Å². The van der Waals surface area contributed by atoms with Crippen LogP contribution < -0.4 is 0 Å². The van der Waals surface area contributed by atoms with E-state index in [1.54, 1.807) is 0 Å². The third kappa shape index (κ3) is 40.9. The van der Waals surface area contributed by atoms with Gasteiger partial charge in [-0.25, -0.2) is 0 Å². The Labute approximate surface area is 327 Å². The number of nitrogens with zero attached hydrogens (tertiary/aromatic N) is 1. The minimum Gasteiger partial charge on any atom is -0.462 e. The van der Waals surface area contributed by atoms with Crippen LogP contribution in [0.25, 0.3) is 0 Å². The maximum Gasteiger partial charge on any atom is 0.306 e. The minimum absolute atomic E-state index is 0.0893. The summed E-state index contributed by atoms with van der Waals surface area (Å²) in [6.07, 6.45) is 42.5. The SMILES string of the molecule is CCCCCCCC/C=C\CCCCCCCC(=O)OCC(COC(=O)CCCCCCC/C=C\CCCCCCCC)OC(=O)CCCCN(C)C. The third-order valence-corrected chi connectivity index (χ3v) is 9.68. The number of unbranched alkanes of at least 4 members (excludes halogenated alkanes) is 23. The Morgan fingerprint density at radius 1 is 0.434 bits per heavy atom. The molecule has 7 heteroatoms. The third-order valence-electron chi connectivity index (χ3n) is 9.68. The summed E-state index contributed by atoms with van der Waals surface area (Å²) in [6, 6.07) is 0. The lowest BCUT2D eigenvalue weighted by atomic mass is 10.1. The molecule has 0 heterocycles. The molecule has 0 atom stereocenters. The second-order valence-corrected chi connectivity index (χ2v) is 15.4. The van der Waals surface area contributed by atoms with E-state index in [1.165, 1.54) is 116 Å². The van der Waals surface area contributed by atoms with E-state index in [4.69, 9.17) is 14.2 Å². The van der Waals surface area contributed by atoms with Gasteiger partial charge in [0.25, 0.3) is 0 Å². The van der Waals surface area contributed by atoms with Gasteiger partial charge in [-0.15, -0.1) is 0 Å². The Hall–Kier alpha value is -2.15. The molecule has 0 aliphatic carbocycles. The van der Waals surface area contributed by atoms with Crippen LogP contribution in [-0.2, 0) is 28.6 Å². The van der Waals surface area contributed by atoms with Gasteiger partial charge in [0.15, 0.2) is 6.10 Å². The van der Waals surface area contributed by atoms with E-state index >= 15 is 0 Å². The molecule has 0 aromatic heterocycles. The van der Waals surface area contributed by atoms with E-state index in [9.17, 15) is 14.4 Å². The maximum atomic E-state index is 12.5. The first kappa shape index (κ1) is 50.9. The van der Waals surface area contributed by atoms with Gasteiger partial charge in [0, 0.05) is 19.3 Å². The van der Waals surface area contributed by atoms with E-state index in [1.807, 2.05) is 14.1 Å². The van der Waals surface area contributed by atoms with Crippen LogP contribution in [0.2, 0.25) is 0 Å². The van der Waals surface area contributed by atoms with Gasteiger partial charge in [-0.05, 0) is 97.7 Å².